The predicted octanol–water partition coefficient (Wildman–Crippen LogP) is 3.62. The minimum atomic E-state index is -0.370. The highest BCUT2D eigenvalue weighted by Crippen LogP contribution is 2.29. The van der Waals surface area contributed by atoms with Gasteiger partial charge in [0.25, 0.3) is 11.8 Å². The third kappa shape index (κ3) is 6.58. The first-order valence-electron chi connectivity index (χ1n) is 11.7. The highest BCUT2D eigenvalue weighted by Gasteiger charge is 2.23. The monoisotopic (exact) mass is 520 g/mol. The largest absolute Gasteiger partial charge is 0.399 e. The van der Waals surface area contributed by atoms with Gasteiger partial charge in [0.05, 0.1) is 18.0 Å². The number of carbonyl (C=O) groups excluding carboxylic acids is 2. The van der Waals surface area contributed by atoms with Crippen molar-refractivity contribution in [3.05, 3.63) is 75.8 Å². The molecule has 1 aliphatic heterocycles. The number of nitrogen functional groups attached to an aromatic ring is 1. The highest BCUT2D eigenvalue weighted by molar-refractivity contribution is 7.14. The van der Waals surface area contributed by atoms with Gasteiger partial charge in [0.2, 0.25) is 0 Å². The van der Waals surface area contributed by atoms with Gasteiger partial charge < -0.3 is 16.6 Å². The van der Waals surface area contributed by atoms with Crippen molar-refractivity contribution in [1.29, 1.82) is 0 Å². The average Bonchev–Trinajstić information content (AvgIpc) is 3.27. The number of benzene rings is 2. The summed E-state index contributed by atoms with van der Waals surface area (Å²) >= 11 is 1.22. The fourth-order valence-corrected chi connectivity index (χ4v) is 4.33. The lowest BCUT2D eigenvalue weighted by Crippen LogP contribution is -2.34. The molecule has 10 nitrogen and oxygen atoms in total. The number of nitrogens with one attached hydrogen (secondary N) is 1. The lowest BCUT2D eigenvalue weighted by atomic mass is 10.0. The molecule has 0 atom stereocenters. The van der Waals surface area contributed by atoms with Gasteiger partial charge in [-0.15, -0.1) is 11.3 Å². The smallest absolute Gasteiger partial charge is 0.273 e. The molecular weight excluding hydrogens is 492 g/mol. The number of thiazole rings is 1. The number of aliphatic hydroxyl groups excluding tert-OH is 1. The second kappa shape index (κ2) is 11.8. The molecule has 0 bridgehead atoms. The Hall–Kier alpha value is -4.06. The molecule has 0 saturated carbocycles. The molecular formula is C26H28N6O4S. The van der Waals surface area contributed by atoms with E-state index < -0.39 is 0 Å². The number of aromatic nitrogens is 1. The average molecular weight is 521 g/mol. The maximum Gasteiger partial charge on any atom is 0.273 e. The third-order valence-corrected chi connectivity index (χ3v) is 6.29. The minimum absolute atomic E-state index is 0.142. The van der Waals surface area contributed by atoms with E-state index in [2.05, 4.69) is 15.3 Å². The van der Waals surface area contributed by atoms with E-state index in [1.165, 1.54) is 16.4 Å². The fraction of sp³-hybridized carbons (Fsp3) is 0.231. The fourth-order valence-electron chi connectivity index (χ4n) is 3.63. The summed E-state index contributed by atoms with van der Waals surface area (Å²) in [5, 5.41) is 15.3. The summed E-state index contributed by atoms with van der Waals surface area (Å²) in [5.74, 6) is -0.419. The van der Waals surface area contributed by atoms with Crippen molar-refractivity contribution in [2.75, 3.05) is 17.6 Å². The van der Waals surface area contributed by atoms with Crippen LogP contribution >= 0.6 is 11.3 Å². The van der Waals surface area contributed by atoms with E-state index in [1.807, 2.05) is 19.1 Å². The molecule has 11 heteroatoms. The second-order valence-corrected chi connectivity index (χ2v) is 9.26. The zero-order valence-corrected chi connectivity index (χ0v) is 21.1. The predicted molar refractivity (Wildman–Crippen MR) is 144 cm³/mol. The van der Waals surface area contributed by atoms with Crippen LogP contribution in [-0.4, -0.2) is 39.3 Å². The summed E-state index contributed by atoms with van der Waals surface area (Å²) < 4.78 is 0. The Bertz CT molecular complexity index is 1350. The molecule has 2 heterocycles. The molecule has 0 radical (unpaired) electrons. The van der Waals surface area contributed by atoms with Crippen LogP contribution in [0.15, 0.2) is 58.4 Å². The number of nitrogens with zero attached hydrogens (tertiary/aromatic N) is 3. The highest BCUT2D eigenvalue weighted by atomic mass is 32.1. The van der Waals surface area contributed by atoms with Crippen LogP contribution in [0.4, 0.5) is 16.5 Å². The van der Waals surface area contributed by atoms with E-state index in [9.17, 15) is 9.59 Å². The Balaban J connectivity index is 1.52. The first-order valence-corrected chi connectivity index (χ1v) is 12.6. The summed E-state index contributed by atoms with van der Waals surface area (Å²) in [6.45, 7) is 2.39. The number of hydrogen-bond donors (Lipinski definition) is 4. The molecule has 2 aromatic carbocycles. The molecule has 0 saturated heterocycles. The first kappa shape index (κ1) is 26.0. The van der Waals surface area contributed by atoms with Crippen LogP contribution in [-0.2, 0) is 22.8 Å². The molecule has 4 rings (SSSR count). The van der Waals surface area contributed by atoms with Crippen molar-refractivity contribution < 1.29 is 19.5 Å². The van der Waals surface area contributed by atoms with Crippen LogP contribution in [0.2, 0.25) is 0 Å². The van der Waals surface area contributed by atoms with Crippen molar-refractivity contribution in [2.24, 2.45) is 10.7 Å². The standard InChI is InChI=1S/C26H28N6O4S/c1-2-9-32(36-14-16-3-7-20(27)8-4-16)25(35)19-10-17-5-6-18(11-22(17)30-23(28)12-19)24(34)31-26-29-21(13-33)15-37-26/h3-8,10-11,15,33H,2,9,12-14,27H2,1H3,(H2,28,30)(H,29,31,34). The van der Waals surface area contributed by atoms with Gasteiger partial charge >= 0.3 is 0 Å². The number of nitrogens with two attached hydrogens (primary N) is 2. The van der Waals surface area contributed by atoms with Gasteiger partial charge in [0.1, 0.15) is 12.4 Å². The van der Waals surface area contributed by atoms with E-state index in [1.54, 1.807) is 41.8 Å². The Labute approximate surface area is 218 Å². The normalized spacial score (nSPS) is 12.7. The Morgan fingerprint density at radius 1 is 1.19 bits per heavy atom. The number of aliphatic hydroxyl groups is 1. The molecule has 3 aromatic rings. The summed E-state index contributed by atoms with van der Waals surface area (Å²) in [6, 6.07) is 12.2. The number of amidine groups is 1. The Morgan fingerprint density at radius 2 is 1.97 bits per heavy atom. The van der Waals surface area contributed by atoms with Crippen LogP contribution in [0.25, 0.3) is 6.08 Å². The molecule has 192 valence electrons. The van der Waals surface area contributed by atoms with Crippen molar-refractivity contribution in [2.45, 2.75) is 33.0 Å². The Kier molecular flexibility index (Phi) is 8.29. The minimum Gasteiger partial charge on any atom is -0.399 e. The molecule has 6 N–H and O–H groups in total. The number of anilines is 2. The van der Waals surface area contributed by atoms with Crippen molar-refractivity contribution >= 4 is 51.6 Å². The molecule has 1 aromatic heterocycles. The van der Waals surface area contributed by atoms with Gasteiger partial charge in [-0.25, -0.2) is 15.0 Å². The number of hydrogen-bond acceptors (Lipinski definition) is 9. The number of rotatable bonds is 9. The summed E-state index contributed by atoms with van der Waals surface area (Å²) in [5.41, 5.74) is 15.9. The first-order chi connectivity index (χ1) is 17.9. The number of aliphatic imine (C=N–C) groups is 1. The van der Waals surface area contributed by atoms with Crippen molar-refractivity contribution in [3.63, 3.8) is 0 Å². The van der Waals surface area contributed by atoms with Crippen molar-refractivity contribution in [1.82, 2.24) is 10.0 Å². The molecule has 0 spiro atoms. The quantitative estimate of drug-likeness (QED) is 0.248. The number of carbonyl (C=O) groups is 2. The van der Waals surface area contributed by atoms with Gasteiger partial charge in [-0.2, -0.15) is 0 Å². The molecule has 37 heavy (non-hydrogen) atoms. The van der Waals surface area contributed by atoms with Crippen LogP contribution < -0.4 is 16.8 Å². The van der Waals surface area contributed by atoms with Gasteiger partial charge in [0.15, 0.2) is 5.13 Å². The SMILES string of the molecule is CCCN(OCc1ccc(N)cc1)C(=O)C1=Cc2ccc(C(=O)Nc3nc(CO)cs3)cc2N=C(N)C1. The number of fused-ring (bicyclic) bond motifs is 1. The topological polar surface area (TPSA) is 156 Å². The van der Waals surface area contributed by atoms with E-state index in [4.69, 9.17) is 21.4 Å². The van der Waals surface area contributed by atoms with Crippen molar-refractivity contribution in [3.8, 4) is 0 Å². The van der Waals surface area contributed by atoms with Crippen LogP contribution in [0, 0.1) is 0 Å². The van der Waals surface area contributed by atoms with Gasteiger partial charge in [-0.1, -0.05) is 25.1 Å². The zero-order valence-electron chi connectivity index (χ0n) is 20.3. The maximum absolute atomic E-state index is 13.4. The second-order valence-electron chi connectivity index (χ2n) is 8.40. The van der Waals surface area contributed by atoms with Crippen LogP contribution in [0.5, 0.6) is 0 Å². The lowest BCUT2D eigenvalue weighted by Gasteiger charge is -2.22. The maximum atomic E-state index is 13.4. The van der Waals surface area contributed by atoms with Gasteiger partial charge in [-0.3, -0.25) is 19.7 Å². The lowest BCUT2D eigenvalue weighted by molar-refractivity contribution is -0.187. The zero-order chi connectivity index (χ0) is 26.4. The van der Waals surface area contributed by atoms with Gasteiger partial charge in [-0.05, 0) is 42.3 Å². The van der Waals surface area contributed by atoms with E-state index in [-0.39, 0.29) is 37.3 Å². The molecule has 2 amide bonds. The van der Waals surface area contributed by atoms with Gasteiger partial charge in [0, 0.05) is 40.7 Å². The summed E-state index contributed by atoms with van der Waals surface area (Å²) in [4.78, 5) is 40.5. The number of hydroxylamine groups is 2. The van der Waals surface area contributed by atoms with E-state index in [0.29, 0.717) is 51.9 Å². The molecule has 0 aliphatic carbocycles. The Morgan fingerprint density at radius 3 is 2.68 bits per heavy atom. The van der Waals surface area contributed by atoms with E-state index >= 15 is 0 Å². The van der Waals surface area contributed by atoms with E-state index in [0.717, 1.165) is 5.56 Å². The summed E-state index contributed by atoms with van der Waals surface area (Å²) in [7, 11) is 0. The molecule has 0 unspecified atom stereocenters. The third-order valence-electron chi connectivity index (χ3n) is 5.49. The van der Waals surface area contributed by atoms with Crippen LogP contribution in [0.3, 0.4) is 0 Å². The number of amides is 2. The summed E-state index contributed by atoms with van der Waals surface area (Å²) in [6.07, 6.45) is 2.58. The molecule has 1 aliphatic rings. The van der Waals surface area contributed by atoms with Crippen LogP contribution in [0.1, 0.15) is 46.9 Å². The molecule has 0 fully saturated rings.